The molecular weight excluding hydrogens is 136 g/mol. The highest BCUT2D eigenvalue weighted by Crippen LogP contribution is 1.89. The molecule has 0 aromatic carbocycles. The lowest BCUT2D eigenvalue weighted by Gasteiger charge is -2.05. The van der Waals surface area contributed by atoms with Crippen molar-refractivity contribution in [2.24, 2.45) is 0 Å². The predicted molar refractivity (Wildman–Crippen MR) is 35.6 cm³/mol. The summed E-state index contributed by atoms with van der Waals surface area (Å²) in [5, 5.41) is 25.4. The van der Waals surface area contributed by atoms with Gasteiger partial charge in [0.15, 0.2) is 0 Å². The molecule has 0 aliphatic carbocycles. The average Bonchev–Trinajstić information content (AvgIpc) is 1.98. The van der Waals surface area contributed by atoms with E-state index in [9.17, 15) is 0 Å². The van der Waals surface area contributed by atoms with Crippen molar-refractivity contribution in [3.8, 4) is 0 Å². The first kappa shape index (κ1) is 9.84. The van der Waals surface area contributed by atoms with E-state index in [1.165, 1.54) is 0 Å². The molecular formula is C6H14O4. The fourth-order valence-electron chi connectivity index (χ4n) is 0.477. The van der Waals surface area contributed by atoms with Gasteiger partial charge >= 0.3 is 0 Å². The van der Waals surface area contributed by atoms with Crippen LogP contribution in [0.2, 0.25) is 0 Å². The summed E-state index contributed by atoms with van der Waals surface area (Å²) < 4.78 is 4.83. The summed E-state index contributed by atoms with van der Waals surface area (Å²) in [6.45, 7) is 0.429. The third-order valence-corrected chi connectivity index (χ3v) is 1.04. The van der Waals surface area contributed by atoms with Crippen LogP contribution in [0.4, 0.5) is 0 Å². The van der Waals surface area contributed by atoms with Gasteiger partial charge in [-0.3, -0.25) is 0 Å². The fraction of sp³-hybridized carbons (Fsp3) is 1.00. The van der Waals surface area contributed by atoms with Gasteiger partial charge < -0.3 is 20.1 Å². The van der Waals surface area contributed by atoms with Gasteiger partial charge in [-0.05, 0) is 6.42 Å². The summed E-state index contributed by atoms with van der Waals surface area (Å²) in [5.41, 5.74) is 0. The number of ether oxygens (including phenoxy) is 1. The Balaban J connectivity index is 2.89. The van der Waals surface area contributed by atoms with Crippen LogP contribution in [0, 0.1) is 0 Å². The Morgan fingerprint density at radius 2 is 1.90 bits per heavy atom. The van der Waals surface area contributed by atoms with E-state index in [0.29, 0.717) is 13.0 Å². The Kier molecular flexibility index (Phi) is 6.84. The molecule has 0 radical (unpaired) electrons. The van der Waals surface area contributed by atoms with Crippen LogP contribution < -0.4 is 0 Å². The molecule has 0 aliphatic heterocycles. The van der Waals surface area contributed by atoms with Crippen LogP contribution in [0.1, 0.15) is 6.42 Å². The first-order valence-electron chi connectivity index (χ1n) is 3.28. The smallest absolute Gasteiger partial charge is 0.0792 e. The van der Waals surface area contributed by atoms with Crippen molar-refractivity contribution in [2.45, 2.75) is 12.5 Å². The zero-order valence-corrected chi connectivity index (χ0v) is 5.86. The van der Waals surface area contributed by atoms with E-state index in [4.69, 9.17) is 20.1 Å². The topological polar surface area (TPSA) is 69.9 Å². The van der Waals surface area contributed by atoms with Crippen molar-refractivity contribution in [2.75, 3.05) is 26.4 Å². The van der Waals surface area contributed by atoms with Crippen molar-refractivity contribution in [1.29, 1.82) is 0 Å². The van der Waals surface area contributed by atoms with Crippen LogP contribution in [0.5, 0.6) is 0 Å². The largest absolute Gasteiger partial charge is 0.394 e. The molecule has 10 heavy (non-hydrogen) atoms. The maximum atomic E-state index is 8.76. The first-order chi connectivity index (χ1) is 4.81. The quantitative estimate of drug-likeness (QED) is 0.413. The monoisotopic (exact) mass is 150 g/mol. The lowest BCUT2D eigenvalue weighted by atomic mass is 10.3. The second kappa shape index (κ2) is 6.95. The summed E-state index contributed by atoms with van der Waals surface area (Å²) in [7, 11) is 0. The Bertz CT molecular complexity index is 66.8. The van der Waals surface area contributed by atoms with Crippen LogP contribution in [-0.4, -0.2) is 47.9 Å². The minimum Gasteiger partial charge on any atom is -0.394 e. The Morgan fingerprint density at radius 3 is 2.40 bits per heavy atom. The molecule has 1 unspecified atom stereocenters. The Hall–Kier alpha value is -0.160. The van der Waals surface area contributed by atoms with Crippen LogP contribution in [0.25, 0.3) is 0 Å². The highest BCUT2D eigenvalue weighted by molar-refractivity contribution is 4.50. The standard InChI is InChI=1S/C6H14O4/c7-2-4-10-3-1-6(9)5-8/h6-9H,1-5H2. The van der Waals surface area contributed by atoms with Crippen molar-refractivity contribution in [1.82, 2.24) is 0 Å². The molecule has 0 aromatic heterocycles. The van der Waals surface area contributed by atoms with Gasteiger partial charge in [-0.15, -0.1) is 0 Å². The molecule has 62 valence electrons. The lowest BCUT2D eigenvalue weighted by Crippen LogP contribution is -2.15. The molecule has 0 aliphatic rings. The molecule has 3 N–H and O–H groups in total. The van der Waals surface area contributed by atoms with Crippen molar-refractivity contribution in [3.05, 3.63) is 0 Å². The molecule has 0 bridgehead atoms. The molecule has 0 fully saturated rings. The minimum atomic E-state index is -0.696. The second-order valence-electron chi connectivity index (χ2n) is 1.96. The average molecular weight is 150 g/mol. The summed E-state index contributed by atoms with van der Waals surface area (Å²) in [6.07, 6.45) is -0.282. The normalized spacial score (nSPS) is 13.5. The van der Waals surface area contributed by atoms with E-state index < -0.39 is 6.10 Å². The van der Waals surface area contributed by atoms with Crippen LogP contribution >= 0.6 is 0 Å². The van der Waals surface area contributed by atoms with Crippen molar-refractivity contribution >= 4 is 0 Å². The van der Waals surface area contributed by atoms with E-state index in [0.717, 1.165) is 0 Å². The van der Waals surface area contributed by atoms with Crippen molar-refractivity contribution in [3.63, 3.8) is 0 Å². The summed E-state index contributed by atoms with van der Waals surface area (Å²) in [5.74, 6) is 0. The molecule has 0 aromatic rings. The zero-order chi connectivity index (χ0) is 7.82. The molecule has 0 saturated carbocycles. The van der Waals surface area contributed by atoms with Gasteiger partial charge in [0.2, 0.25) is 0 Å². The molecule has 0 rings (SSSR count). The number of aliphatic hydroxyl groups is 3. The number of rotatable bonds is 6. The molecule has 0 spiro atoms. The Labute approximate surface area is 60.1 Å². The van der Waals surface area contributed by atoms with Crippen molar-refractivity contribution < 1.29 is 20.1 Å². The van der Waals surface area contributed by atoms with Gasteiger partial charge in [0.1, 0.15) is 0 Å². The summed E-state index contributed by atoms with van der Waals surface area (Å²) in [6, 6.07) is 0. The zero-order valence-electron chi connectivity index (χ0n) is 5.86. The van der Waals surface area contributed by atoms with Gasteiger partial charge in [-0.25, -0.2) is 0 Å². The number of hydrogen-bond acceptors (Lipinski definition) is 4. The fourth-order valence-corrected chi connectivity index (χ4v) is 0.477. The van der Waals surface area contributed by atoms with E-state index in [-0.39, 0.29) is 19.8 Å². The summed E-state index contributed by atoms with van der Waals surface area (Å²) >= 11 is 0. The van der Waals surface area contributed by atoms with E-state index in [1.54, 1.807) is 0 Å². The molecule has 0 saturated heterocycles. The minimum absolute atomic E-state index is 0.00474. The van der Waals surface area contributed by atoms with E-state index in [1.807, 2.05) is 0 Å². The maximum Gasteiger partial charge on any atom is 0.0792 e. The molecule has 1 atom stereocenters. The second-order valence-corrected chi connectivity index (χ2v) is 1.96. The molecule has 4 nitrogen and oxygen atoms in total. The highest BCUT2D eigenvalue weighted by atomic mass is 16.5. The van der Waals surface area contributed by atoms with Gasteiger partial charge in [-0.1, -0.05) is 0 Å². The van der Waals surface area contributed by atoms with Gasteiger partial charge in [-0.2, -0.15) is 0 Å². The van der Waals surface area contributed by atoms with Gasteiger partial charge in [0.05, 0.1) is 25.9 Å². The van der Waals surface area contributed by atoms with Gasteiger partial charge in [0.25, 0.3) is 0 Å². The SMILES string of the molecule is OCCOCCC(O)CO. The van der Waals surface area contributed by atoms with Crippen LogP contribution in [0.3, 0.4) is 0 Å². The highest BCUT2D eigenvalue weighted by Gasteiger charge is 1.99. The van der Waals surface area contributed by atoms with E-state index >= 15 is 0 Å². The number of hydrogen-bond donors (Lipinski definition) is 3. The van der Waals surface area contributed by atoms with E-state index in [2.05, 4.69) is 0 Å². The van der Waals surface area contributed by atoms with Crippen LogP contribution in [-0.2, 0) is 4.74 Å². The van der Waals surface area contributed by atoms with Crippen LogP contribution in [0.15, 0.2) is 0 Å². The van der Waals surface area contributed by atoms with Gasteiger partial charge in [0, 0.05) is 6.61 Å². The lowest BCUT2D eigenvalue weighted by molar-refractivity contribution is 0.0377. The summed E-state index contributed by atoms with van der Waals surface area (Å²) in [4.78, 5) is 0. The maximum absolute atomic E-state index is 8.76. The predicted octanol–water partition coefficient (Wildman–Crippen LogP) is -1.26. The molecule has 0 amide bonds. The third kappa shape index (κ3) is 5.97. The Morgan fingerprint density at radius 1 is 1.20 bits per heavy atom. The molecule has 4 heteroatoms. The first-order valence-corrected chi connectivity index (χ1v) is 3.28. The number of aliphatic hydroxyl groups excluding tert-OH is 3. The molecule has 0 heterocycles. The third-order valence-electron chi connectivity index (χ3n) is 1.04.